The Kier molecular flexibility index (Phi) is 6.15. The number of ether oxygens (including phenoxy) is 1. The Balaban J connectivity index is 1.28. The van der Waals surface area contributed by atoms with Crippen molar-refractivity contribution in [2.24, 2.45) is 0 Å². The predicted molar refractivity (Wildman–Crippen MR) is 130 cm³/mol. The number of fused-ring (bicyclic) bond motifs is 1. The topological polar surface area (TPSA) is 48.0 Å². The summed E-state index contributed by atoms with van der Waals surface area (Å²) in [6.07, 6.45) is 3.17. The van der Waals surface area contributed by atoms with Crippen LogP contribution in [0.4, 0.5) is 11.4 Å². The van der Waals surface area contributed by atoms with Gasteiger partial charge in [-0.15, -0.1) is 0 Å². The third-order valence-corrected chi connectivity index (χ3v) is 7.16. The van der Waals surface area contributed by atoms with Crippen LogP contribution < -0.4 is 19.9 Å². The van der Waals surface area contributed by atoms with Crippen LogP contribution in [0.1, 0.15) is 28.8 Å². The van der Waals surface area contributed by atoms with Gasteiger partial charge in [0.05, 0.1) is 16.6 Å². The minimum atomic E-state index is -0.142. The van der Waals surface area contributed by atoms with Gasteiger partial charge in [-0.1, -0.05) is 17.7 Å². The molecule has 1 amide bonds. The van der Waals surface area contributed by atoms with Crippen molar-refractivity contribution in [3.05, 3.63) is 52.5 Å². The van der Waals surface area contributed by atoms with E-state index in [4.69, 9.17) is 16.3 Å². The van der Waals surface area contributed by atoms with Crippen molar-refractivity contribution < 1.29 is 9.53 Å². The van der Waals surface area contributed by atoms with Gasteiger partial charge in [-0.2, -0.15) is 0 Å². The van der Waals surface area contributed by atoms with Crippen molar-refractivity contribution >= 4 is 28.9 Å². The summed E-state index contributed by atoms with van der Waals surface area (Å²) in [6, 6.07) is 11.9. The number of hydrogen-bond donors (Lipinski definition) is 1. The molecule has 0 unspecified atom stereocenters. The number of nitrogens with zero attached hydrogens (tertiary/aromatic N) is 3. The molecular formula is C25H31ClN4O2. The van der Waals surface area contributed by atoms with E-state index < -0.39 is 0 Å². The summed E-state index contributed by atoms with van der Waals surface area (Å²) in [5.41, 5.74) is 4.02. The molecule has 6 nitrogen and oxygen atoms in total. The minimum Gasteiger partial charge on any atom is -0.491 e. The second kappa shape index (κ2) is 9.20. The molecule has 0 aromatic heterocycles. The Morgan fingerprint density at radius 2 is 1.81 bits per heavy atom. The van der Waals surface area contributed by atoms with Crippen molar-refractivity contribution in [1.29, 1.82) is 0 Å². The van der Waals surface area contributed by atoms with Crippen LogP contribution >= 0.6 is 11.6 Å². The molecule has 2 aromatic carbocycles. The van der Waals surface area contributed by atoms with Gasteiger partial charge in [0, 0.05) is 62.6 Å². The fourth-order valence-corrected chi connectivity index (χ4v) is 5.21. The van der Waals surface area contributed by atoms with E-state index in [1.54, 1.807) is 0 Å². The average Bonchev–Trinajstić information content (AvgIpc) is 3.34. The smallest absolute Gasteiger partial charge is 0.253 e. The second-order valence-corrected chi connectivity index (χ2v) is 9.50. The number of hydrogen-bond acceptors (Lipinski definition) is 5. The fourth-order valence-electron chi connectivity index (χ4n) is 4.95. The Morgan fingerprint density at radius 1 is 1.03 bits per heavy atom. The maximum Gasteiger partial charge on any atom is 0.253 e. The monoisotopic (exact) mass is 454 g/mol. The summed E-state index contributed by atoms with van der Waals surface area (Å²) in [5, 5.41) is 3.66. The van der Waals surface area contributed by atoms with Gasteiger partial charge in [0.25, 0.3) is 5.91 Å². The summed E-state index contributed by atoms with van der Waals surface area (Å²) in [4.78, 5) is 20.1. The highest BCUT2D eigenvalue weighted by molar-refractivity contribution is 6.34. The highest BCUT2D eigenvalue weighted by atomic mass is 35.5. The zero-order chi connectivity index (χ0) is 22.1. The molecule has 7 heteroatoms. The van der Waals surface area contributed by atoms with Crippen LogP contribution in [-0.2, 0) is 6.42 Å². The van der Waals surface area contributed by atoms with Gasteiger partial charge < -0.3 is 24.8 Å². The number of piperazine rings is 1. The molecule has 2 aromatic rings. The number of rotatable bonds is 4. The van der Waals surface area contributed by atoms with E-state index in [-0.39, 0.29) is 11.9 Å². The first-order valence-electron chi connectivity index (χ1n) is 11.6. The minimum absolute atomic E-state index is 0.0852. The number of nitrogens with one attached hydrogen (secondary N) is 1. The van der Waals surface area contributed by atoms with Gasteiger partial charge in [0.1, 0.15) is 12.4 Å². The van der Waals surface area contributed by atoms with Gasteiger partial charge in [0.2, 0.25) is 0 Å². The lowest BCUT2D eigenvalue weighted by molar-refractivity contribution is 0.0915. The van der Waals surface area contributed by atoms with Crippen LogP contribution in [0.25, 0.3) is 0 Å². The van der Waals surface area contributed by atoms with Crippen molar-refractivity contribution in [3.63, 3.8) is 0 Å². The Bertz CT molecular complexity index is 984. The van der Waals surface area contributed by atoms with Crippen LogP contribution in [0.2, 0.25) is 5.02 Å². The summed E-state index contributed by atoms with van der Waals surface area (Å²) < 4.78 is 6.05. The van der Waals surface area contributed by atoms with E-state index in [1.807, 2.05) is 24.3 Å². The lowest BCUT2D eigenvalue weighted by Crippen LogP contribution is -2.46. The van der Waals surface area contributed by atoms with Crippen LogP contribution in [-0.4, -0.2) is 69.8 Å². The molecule has 5 rings (SSSR count). The molecule has 3 aliphatic heterocycles. The van der Waals surface area contributed by atoms with Crippen molar-refractivity contribution in [3.8, 4) is 5.75 Å². The first kappa shape index (κ1) is 21.4. The molecule has 170 valence electrons. The van der Waals surface area contributed by atoms with Gasteiger partial charge in [-0.25, -0.2) is 0 Å². The van der Waals surface area contributed by atoms with Crippen LogP contribution in [0.15, 0.2) is 36.4 Å². The Hall–Kier alpha value is -2.44. The molecule has 0 radical (unpaired) electrons. The van der Waals surface area contributed by atoms with E-state index in [1.165, 1.54) is 24.1 Å². The highest BCUT2D eigenvalue weighted by Gasteiger charge is 2.27. The third-order valence-electron chi connectivity index (χ3n) is 6.85. The second-order valence-electron chi connectivity index (χ2n) is 9.09. The number of carbonyl (C=O) groups excluding carboxylic acids is 1. The lowest BCUT2D eigenvalue weighted by atomic mass is 9.99. The van der Waals surface area contributed by atoms with Crippen LogP contribution in [0.5, 0.6) is 5.75 Å². The molecule has 0 saturated carbocycles. The normalized spacial score (nSPS) is 21.2. The highest BCUT2D eigenvalue weighted by Crippen LogP contribution is 2.34. The summed E-state index contributed by atoms with van der Waals surface area (Å²) >= 11 is 6.51. The molecule has 2 saturated heterocycles. The largest absolute Gasteiger partial charge is 0.491 e. The molecule has 1 atom stereocenters. The Morgan fingerprint density at radius 3 is 2.56 bits per heavy atom. The SMILES string of the molecule is CN1CCN(c2cccc3c2C[C@H](NC(=O)c2ccc(N4CCCC4)cc2Cl)CO3)CC1. The van der Waals surface area contributed by atoms with Crippen molar-refractivity contribution in [2.75, 3.05) is 62.7 Å². The molecule has 0 spiro atoms. The van der Waals surface area contributed by atoms with E-state index in [0.717, 1.165) is 57.1 Å². The van der Waals surface area contributed by atoms with Gasteiger partial charge in [0.15, 0.2) is 0 Å². The predicted octanol–water partition coefficient (Wildman–Crippen LogP) is 3.43. The van der Waals surface area contributed by atoms with E-state index >= 15 is 0 Å². The van der Waals surface area contributed by atoms with E-state index in [2.05, 4.69) is 39.2 Å². The first-order chi connectivity index (χ1) is 15.6. The summed E-state index contributed by atoms with van der Waals surface area (Å²) in [7, 11) is 2.16. The molecule has 0 aliphatic carbocycles. The van der Waals surface area contributed by atoms with Gasteiger partial charge in [-0.05, 0) is 50.2 Å². The summed E-state index contributed by atoms with van der Waals surface area (Å²) in [5.74, 6) is 0.789. The number of likely N-dealkylation sites (N-methyl/N-ethyl adjacent to an activating group) is 1. The standard InChI is InChI=1S/C25H31ClN4O2/c1-28-11-13-30(14-12-28)23-5-4-6-24-21(23)15-18(17-32-24)27-25(31)20-8-7-19(16-22(20)26)29-9-2-3-10-29/h4-8,16,18H,2-3,9-15,17H2,1H3,(H,27,31)/t18-/m0/s1. The van der Waals surface area contributed by atoms with Crippen molar-refractivity contribution in [1.82, 2.24) is 10.2 Å². The Labute approximate surface area is 195 Å². The van der Waals surface area contributed by atoms with E-state index in [0.29, 0.717) is 17.2 Å². The maximum atomic E-state index is 13.0. The number of amides is 1. The maximum absolute atomic E-state index is 13.0. The molecule has 3 heterocycles. The number of benzene rings is 2. The lowest BCUT2D eigenvalue weighted by Gasteiger charge is -2.37. The zero-order valence-corrected chi connectivity index (χ0v) is 19.4. The van der Waals surface area contributed by atoms with Gasteiger partial charge >= 0.3 is 0 Å². The van der Waals surface area contributed by atoms with E-state index in [9.17, 15) is 4.79 Å². The molecule has 3 aliphatic rings. The van der Waals surface area contributed by atoms with Crippen molar-refractivity contribution in [2.45, 2.75) is 25.3 Å². The molecule has 0 bridgehead atoms. The number of carbonyl (C=O) groups is 1. The number of halogens is 1. The zero-order valence-electron chi connectivity index (χ0n) is 18.6. The first-order valence-corrected chi connectivity index (χ1v) is 12.0. The quantitative estimate of drug-likeness (QED) is 0.767. The molecule has 32 heavy (non-hydrogen) atoms. The summed E-state index contributed by atoms with van der Waals surface area (Å²) in [6.45, 7) is 6.68. The molecular weight excluding hydrogens is 424 g/mol. The molecule has 2 fully saturated rings. The third kappa shape index (κ3) is 4.39. The fraction of sp³-hybridized carbons (Fsp3) is 0.480. The van der Waals surface area contributed by atoms with Crippen LogP contribution in [0.3, 0.4) is 0 Å². The average molecular weight is 455 g/mol. The number of anilines is 2. The molecule has 1 N–H and O–H groups in total. The van der Waals surface area contributed by atoms with Gasteiger partial charge in [-0.3, -0.25) is 4.79 Å². The van der Waals surface area contributed by atoms with Crippen LogP contribution in [0, 0.1) is 0 Å².